The van der Waals surface area contributed by atoms with Crippen molar-refractivity contribution in [3.63, 3.8) is 0 Å². The Labute approximate surface area is 132 Å². The first-order valence-electron chi connectivity index (χ1n) is 7.42. The first kappa shape index (κ1) is 15.3. The summed E-state index contributed by atoms with van der Waals surface area (Å²) in [5.41, 5.74) is 0.986. The second kappa shape index (κ2) is 5.87. The molecule has 3 rings (SSSR count). The number of benzene rings is 1. The number of amides is 1. The fraction of sp³-hybridized carbons (Fsp3) is 0.294. The zero-order valence-corrected chi connectivity index (χ0v) is 12.5. The number of aryl methyl sites for hydroxylation is 1. The minimum absolute atomic E-state index is 0.00371. The molecule has 1 aromatic heterocycles. The van der Waals surface area contributed by atoms with Crippen LogP contribution >= 0.6 is 0 Å². The Morgan fingerprint density at radius 2 is 2.04 bits per heavy atom. The van der Waals surface area contributed by atoms with E-state index in [1.54, 1.807) is 19.1 Å². The molecule has 2 atom stereocenters. The quantitative estimate of drug-likeness (QED) is 0.888. The number of hydrogen-bond acceptors (Lipinski definition) is 3. The summed E-state index contributed by atoms with van der Waals surface area (Å²) in [4.78, 5) is 23.3. The largest absolute Gasteiger partial charge is 0.478 e. The van der Waals surface area contributed by atoms with Gasteiger partial charge < -0.3 is 14.8 Å². The lowest BCUT2D eigenvalue weighted by molar-refractivity contribution is 0.0694. The molecule has 5 nitrogen and oxygen atoms in total. The number of rotatable bonds is 5. The van der Waals surface area contributed by atoms with Crippen LogP contribution in [-0.2, 0) is 6.42 Å². The van der Waals surface area contributed by atoms with Crippen molar-refractivity contribution in [1.29, 1.82) is 0 Å². The molecule has 1 aliphatic rings. The van der Waals surface area contributed by atoms with E-state index in [0.717, 1.165) is 12.0 Å². The number of aromatic carboxylic acids is 1. The summed E-state index contributed by atoms with van der Waals surface area (Å²) in [7, 11) is 0. The minimum Gasteiger partial charge on any atom is -0.478 e. The smallest absolute Gasteiger partial charge is 0.339 e. The Hall–Kier alpha value is -2.63. The van der Waals surface area contributed by atoms with Gasteiger partial charge in [-0.2, -0.15) is 0 Å². The number of carbonyl (C=O) groups excluding carboxylic acids is 1. The molecule has 2 N–H and O–H groups in total. The van der Waals surface area contributed by atoms with Gasteiger partial charge in [0.2, 0.25) is 0 Å². The lowest BCUT2D eigenvalue weighted by Gasteiger charge is -2.03. The number of nitrogens with one attached hydrogen (secondary N) is 1. The molecule has 1 fully saturated rings. The molecule has 2 aromatic rings. The van der Waals surface area contributed by atoms with Gasteiger partial charge in [0, 0.05) is 24.4 Å². The lowest BCUT2D eigenvalue weighted by atomic mass is 10.1. The fourth-order valence-electron chi connectivity index (χ4n) is 2.66. The van der Waals surface area contributed by atoms with Crippen LogP contribution in [0.5, 0.6) is 0 Å². The highest BCUT2D eigenvalue weighted by molar-refractivity contribution is 5.96. The summed E-state index contributed by atoms with van der Waals surface area (Å²) in [5, 5.41) is 11.9. The molecule has 1 saturated carbocycles. The molecule has 6 heteroatoms. The van der Waals surface area contributed by atoms with Gasteiger partial charge in [-0.15, -0.1) is 0 Å². The average molecular weight is 317 g/mol. The van der Waals surface area contributed by atoms with E-state index in [0.29, 0.717) is 6.42 Å². The summed E-state index contributed by atoms with van der Waals surface area (Å²) < 4.78 is 18.2. The van der Waals surface area contributed by atoms with Crippen molar-refractivity contribution in [3.8, 4) is 0 Å². The van der Waals surface area contributed by atoms with Gasteiger partial charge in [0.25, 0.3) is 5.91 Å². The topological polar surface area (TPSA) is 79.5 Å². The molecule has 0 saturated heterocycles. The predicted molar refractivity (Wildman–Crippen MR) is 80.1 cm³/mol. The van der Waals surface area contributed by atoms with Crippen molar-refractivity contribution in [2.75, 3.05) is 0 Å². The van der Waals surface area contributed by atoms with Gasteiger partial charge in [0.15, 0.2) is 5.76 Å². The molecule has 23 heavy (non-hydrogen) atoms. The van der Waals surface area contributed by atoms with Gasteiger partial charge in [-0.3, -0.25) is 4.79 Å². The van der Waals surface area contributed by atoms with Gasteiger partial charge in [-0.05, 0) is 24.1 Å². The fourth-order valence-corrected chi connectivity index (χ4v) is 2.66. The van der Waals surface area contributed by atoms with Crippen molar-refractivity contribution in [1.82, 2.24) is 5.32 Å². The van der Waals surface area contributed by atoms with Crippen LogP contribution in [0.25, 0.3) is 0 Å². The zero-order chi connectivity index (χ0) is 16.6. The Morgan fingerprint density at radius 3 is 2.61 bits per heavy atom. The second-order valence-corrected chi connectivity index (χ2v) is 5.58. The van der Waals surface area contributed by atoms with Crippen molar-refractivity contribution >= 4 is 11.9 Å². The number of hydrogen-bond donors (Lipinski definition) is 2. The molecule has 1 heterocycles. The van der Waals surface area contributed by atoms with E-state index < -0.39 is 11.9 Å². The molecular weight excluding hydrogens is 301 g/mol. The maximum absolute atomic E-state index is 12.9. The van der Waals surface area contributed by atoms with Crippen LogP contribution in [0.2, 0.25) is 0 Å². The maximum atomic E-state index is 12.9. The molecular formula is C17H16FNO4. The van der Waals surface area contributed by atoms with Gasteiger partial charge in [-0.25, -0.2) is 9.18 Å². The molecule has 0 bridgehead atoms. The first-order valence-corrected chi connectivity index (χ1v) is 7.42. The standard InChI is InChI=1S/C17H16FNO4/c1-2-14-12(17(21)22)8-15(23-14)16(20)19-13-7-11(13)9-3-5-10(18)6-4-9/h3-6,8,11,13H,2,7H2,1H3,(H,19,20)(H,21,22)/t11-,13+/m0/s1. The number of carbonyl (C=O) groups is 2. The Balaban J connectivity index is 1.67. The predicted octanol–water partition coefficient (Wildman–Crippen LogP) is 2.97. The highest BCUT2D eigenvalue weighted by Gasteiger charge is 2.40. The monoisotopic (exact) mass is 317 g/mol. The van der Waals surface area contributed by atoms with Crippen molar-refractivity contribution in [2.45, 2.75) is 31.7 Å². The summed E-state index contributed by atoms with van der Waals surface area (Å²) in [6.45, 7) is 1.76. The molecule has 0 unspecified atom stereocenters. The number of carboxylic acids is 1. The molecule has 0 radical (unpaired) electrons. The first-order chi connectivity index (χ1) is 11.0. The van der Waals surface area contributed by atoms with E-state index in [4.69, 9.17) is 9.52 Å². The van der Waals surface area contributed by atoms with Crippen molar-refractivity contribution in [2.24, 2.45) is 0 Å². The van der Waals surface area contributed by atoms with Crippen molar-refractivity contribution < 1.29 is 23.5 Å². The number of furan rings is 1. The van der Waals surface area contributed by atoms with Crippen LogP contribution in [0.15, 0.2) is 34.7 Å². The Bertz CT molecular complexity index is 750. The van der Waals surface area contributed by atoms with E-state index in [-0.39, 0.29) is 34.9 Å². The van der Waals surface area contributed by atoms with Crippen LogP contribution in [0.4, 0.5) is 4.39 Å². The van der Waals surface area contributed by atoms with E-state index in [1.807, 2.05) is 0 Å². The third-order valence-corrected chi connectivity index (χ3v) is 3.99. The maximum Gasteiger partial charge on any atom is 0.339 e. The van der Waals surface area contributed by atoms with E-state index in [1.165, 1.54) is 18.2 Å². The molecule has 120 valence electrons. The molecule has 0 aliphatic heterocycles. The Kier molecular flexibility index (Phi) is 3.90. The van der Waals surface area contributed by atoms with E-state index >= 15 is 0 Å². The normalized spacial score (nSPS) is 19.4. The van der Waals surface area contributed by atoms with Gasteiger partial charge >= 0.3 is 5.97 Å². The molecule has 0 spiro atoms. The van der Waals surface area contributed by atoms with Crippen LogP contribution in [0, 0.1) is 5.82 Å². The minimum atomic E-state index is -1.11. The van der Waals surface area contributed by atoms with Crippen LogP contribution in [0.1, 0.15) is 51.5 Å². The van der Waals surface area contributed by atoms with Gasteiger partial charge in [0.1, 0.15) is 17.1 Å². The van der Waals surface area contributed by atoms with Gasteiger partial charge in [0.05, 0.1) is 0 Å². The SMILES string of the molecule is CCc1oc(C(=O)N[C@@H]2C[C@H]2c2ccc(F)cc2)cc1C(=O)O. The molecule has 1 aromatic carbocycles. The van der Waals surface area contributed by atoms with Gasteiger partial charge in [-0.1, -0.05) is 19.1 Å². The second-order valence-electron chi connectivity index (χ2n) is 5.58. The van der Waals surface area contributed by atoms with Crippen LogP contribution < -0.4 is 5.32 Å². The van der Waals surface area contributed by atoms with Crippen molar-refractivity contribution in [3.05, 3.63) is 58.8 Å². The third-order valence-electron chi connectivity index (χ3n) is 3.99. The summed E-state index contributed by atoms with van der Waals surface area (Å²) in [6.07, 6.45) is 1.17. The summed E-state index contributed by atoms with van der Waals surface area (Å²) >= 11 is 0. The number of carboxylic acid groups (broad SMARTS) is 1. The van der Waals surface area contributed by atoms with Crippen LogP contribution in [0.3, 0.4) is 0 Å². The molecule has 1 aliphatic carbocycles. The van der Waals surface area contributed by atoms with E-state index in [2.05, 4.69) is 5.32 Å². The highest BCUT2D eigenvalue weighted by atomic mass is 19.1. The van der Waals surface area contributed by atoms with Crippen LogP contribution in [-0.4, -0.2) is 23.0 Å². The number of halogens is 1. The Morgan fingerprint density at radius 1 is 1.35 bits per heavy atom. The van der Waals surface area contributed by atoms with E-state index in [9.17, 15) is 14.0 Å². The average Bonchev–Trinajstić information content (AvgIpc) is 3.13. The molecule has 1 amide bonds. The third kappa shape index (κ3) is 3.11. The summed E-state index contributed by atoms with van der Waals surface area (Å²) in [6, 6.07) is 7.41. The summed E-state index contributed by atoms with van der Waals surface area (Å²) in [5.74, 6) is -1.39. The highest BCUT2D eigenvalue weighted by Crippen LogP contribution is 2.40. The zero-order valence-electron chi connectivity index (χ0n) is 12.5. The lowest BCUT2D eigenvalue weighted by Crippen LogP contribution is -2.26.